The smallest absolute Gasteiger partial charge is 0.693 e. The van der Waals surface area contributed by atoms with Crippen molar-refractivity contribution in [3.05, 3.63) is 13.1 Å². The molecule has 0 saturated carbocycles. The summed E-state index contributed by atoms with van der Waals surface area (Å²) in [5.41, 5.74) is 0. The Bertz CT molecular complexity index is 6.85. The van der Waals surface area contributed by atoms with Gasteiger partial charge in [-0.1, -0.05) is 6.92 Å². The second kappa shape index (κ2) is 22.0. The number of hydrogen-bond acceptors (Lipinski definition) is 0. The summed E-state index contributed by atoms with van der Waals surface area (Å²) in [6, 6.07) is 0. The molecule has 0 unspecified atom stereocenters. The van der Waals surface area contributed by atoms with Crippen LogP contribution in [0.5, 0.6) is 0 Å². The van der Waals surface area contributed by atoms with Gasteiger partial charge in [0.2, 0.25) is 0 Å². The van der Waals surface area contributed by atoms with Gasteiger partial charge in [0.05, 0.1) is 0 Å². The molecule has 2 heteroatoms. The predicted molar refractivity (Wildman–Crippen MR) is 26.7 cm³/mol. The molecule has 0 aliphatic rings. The predicted octanol–water partition coefficient (Wildman–Crippen LogP) is 1.57. The van der Waals surface area contributed by atoms with Gasteiger partial charge in [-0.15, -0.1) is 0 Å². The molecule has 0 rings (SSSR count). The molecule has 0 aromatic heterocycles. The molecule has 5 heavy (non-hydrogen) atoms. The Labute approximate surface area is 49.9 Å². The molecular formula is C3H9MgN. The first kappa shape index (κ1) is 17.2. The van der Waals surface area contributed by atoms with E-state index in [1.165, 1.54) is 0 Å². The topological polar surface area (TPSA) is 33.5 Å². The molecule has 0 atom stereocenters. The zero-order valence-electron chi connectivity index (χ0n) is 3.70. The van der Waals surface area contributed by atoms with Crippen molar-refractivity contribution in [2.24, 2.45) is 0 Å². The molecule has 0 fully saturated rings. The zero-order chi connectivity index (χ0) is 2.71. The van der Waals surface area contributed by atoms with Crippen LogP contribution in [0, 0.1) is 6.92 Å². The fraction of sp³-hybridized carbons (Fsp3) is 0.667. The van der Waals surface area contributed by atoms with Gasteiger partial charge in [-0.05, 0) is 0 Å². The van der Waals surface area contributed by atoms with Crippen molar-refractivity contribution < 1.29 is 0 Å². The fourth-order valence-corrected chi connectivity index (χ4v) is 0. The SMILES string of the molecule is [CH2-]CC.[Mg+2].[NH2-]. The Morgan fingerprint density at radius 3 is 1.60 bits per heavy atom. The summed E-state index contributed by atoms with van der Waals surface area (Å²) in [6.45, 7) is 5.50. The number of rotatable bonds is 0. The molecule has 2 N–H and O–H groups in total. The summed E-state index contributed by atoms with van der Waals surface area (Å²) in [7, 11) is 0. The van der Waals surface area contributed by atoms with Crippen molar-refractivity contribution in [2.75, 3.05) is 0 Å². The summed E-state index contributed by atoms with van der Waals surface area (Å²) in [6.07, 6.45) is 1.00. The van der Waals surface area contributed by atoms with Gasteiger partial charge >= 0.3 is 23.1 Å². The van der Waals surface area contributed by atoms with E-state index < -0.39 is 0 Å². The van der Waals surface area contributed by atoms with Gasteiger partial charge in [0.15, 0.2) is 0 Å². The van der Waals surface area contributed by atoms with Gasteiger partial charge in [-0.2, -0.15) is 6.42 Å². The van der Waals surface area contributed by atoms with E-state index in [-0.39, 0.29) is 29.2 Å². The summed E-state index contributed by atoms with van der Waals surface area (Å²) in [5.74, 6) is 0. The van der Waals surface area contributed by atoms with Gasteiger partial charge in [0.1, 0.15) is 0 Å². The van der Waals surface area contributed by atoms with Crippen molar-refractivity contribution in [3.63, 3.8) is 0 Å². The Balaban J connectivity index is -0.0000000200. The molecule has 0 aliphatic carbocycles. The van der Waals surface area contributed by atoms with Gasteiger partial charge in [-0.25, -0.2) is 0 Å². The monoisotopic (exact) mass is 83.1 g/mol. The van der Waals surface area contributed by atoms with E-state index in [1.807, 2.05) is 6.92 Å². The van der Waals surface area contributed by atoms with E-state index in [1.54, 1.807) is 0 Å². The molecule has 0 radical (unpaired) electrons. The minimum absolute atomic E-state index is 0. The van der Waals surface area contributed by atoms with Gasteiger partial charge in [0, 0.05) is 0 Å². The Hall–Kier alpha value is 0.726. The molecule has 0 heterocycles. The Morgan fingerprint density at radius 1 is 1.60 bits per heavy atom. The molecule has 0 aliphatic heterocycles. The van der Waals surface area contributed by atoms with E-state index in [0.717, 1.165) is 6.42 Å². The summed E-state index contributed by atoms with van der Waals surface area (Å²) >= 11 is 0. The molecule has 28 valence electrons. The molecule has 0 bridgehead atoms. The van der Waals surface area contributed by atoms with Gasteiger partial charge < -0.3 is 13.1 Å². The fourth-order valence-electron chi connectivity index (χ4n) is 0. The Morgan fingerprint density at radius 2 is 1.60 bits per heavy atom. The van der Waals surface area contributed by atoms with Crippen LogP contribution >= 0.6 is 0 Å². The second-order valence-corrected chi connectivity index (χ2v) is 0.500. The van der Waals surface area contributed by atoms with Crippen LogP contribution in [-0.2, 0) is 0 Å². The summed E-state index contributed by atoms with van der Waals surface area (Å²) in [5, 5.41) is 0. The first-order valence-electron chi connectivity index (χ1n) is 1.21. The van der Waals surface area contributed by atoms with Crippen LogP contribution in [0.3, 0.4) is 0 Å². The first-order valence-corrected chi connectivity index (χ1v) is 1.21. The van der Waals surface area contributed by atoms with Crippen molar-refractivity contribution >= 4 is 23.1 Å². The molecule has 0 aromatic carbocycles. The molecule has 0 amide bonds. The van der Waals surface area contributed by atoms with Crippen LogP contribution in [0.4, 0.5) is 0 Å². The van der Waals surface area contributed by atoms with Crippen molar-refractivity contribution in [1.29, 1.82) is 0 Å². The van der Waals surface area contributed by atoms with Crippen molar-refractivity contribution in [1.82, 2.24) is 0 Å². The summed E-state index contributed by atoms with van der Waals surface area (Å²) < 4.78 is 0. The first-order chi connectivity index (χ1) is 1.41. The zero-order valence-corrected chi connectivity index (χ0v) is 5.11. The summed E-state index contributed by atoms with van der Waals surface area (Å²) in [4.78, 5) is 0. The van der Waals surface area contributed by atoms with Crippen LogP contribution in [0.2, 0.25) is 0 Å². The minimum atomic E-state index is 0. The third-order valence-electron chi connectivity index (χ3n) is 0. The van der Waals surface area contributed by atoms with Gasteiger partial charge in [-0.3, -0.25) is 0 Å². The van der Waals surface area contributed by atoms with E-state index in [4.69, 9.17) is 0 Å². The van der Waals surface area contributed by atoms with Crippen molar-refractivity contribution in [3.8, 4) is 0 Å². The standard InChI is InChI=1S/C3H7.Mg.H2N/c1-3-2;;/h1,3H2,2H3;;1H2/q-1;+2;-1. The average molecular weight is 83.4 g/mol. The number of nitrogens with two attached hydrogens (primary N) is 1. The van der Waals surface area contributed by atoms with E-state index >= 15 is 0 Å². The van der Waals surface area contributed by atoms with Crippen LogP contribution in [0.25, 0.3) is 6.15 Å². The van der Waals surface area contributed by atoms with E-state index in [9.17, 15) is 0 Å². The second-order valence-electron chi connectivity index (χ2n) is 0.500. The van der Waals surface area contributed by atoms with Crippen molar-refractivity contribution in [2.45, 2.75) is 13.3 Å². The average Bonchev–Trinajstić information content (AvgIpc) is 0.918. The van der Waals surface area contributed by atoms with Crippen LogP contribution < -0.4 is 0 Å². The minimum Gasteiger partial charge on any atom is -0.693 e. The van der Waals surface area contributed by atoms with Crippen LogP contribution in [-0.4, -0.2) is 23.1 Å². The number of hydrogen-bond donors (Lipinski definition) is 0. The maximum absolute atomic E-state index is 3.49. The third-order valence-corrected chi connectivity index (χ3v) is 0. The quantitative estimate of drug-likeness (QED) is 0.315. The maximum atomic E-state index is 3.49. The molecular weight excluding hydrogens is 74.3 g/mol. The van der Waals surface area contributed by atoms with Crippen LogP contribution in [0.1, 0.15) is 13.3 Å². The molecule has 0 aromatic rings. The molecule has 0 saturated heterocycles. The normalized spacial score (nSPS) is 3.60. The van der Waals surface area contributed by atoms with Crippen LogP contribution in [0.15, 0.2) is 0 Å². The maximum Gasteiger partial charge on any atom is 2.00 e. The van der Waals surface area contributed by atoms with E-state index in [0.29, 0.717) is 0 Å². The molecule has 0 spiro atoms. The van der Waals surface area contributed by atoms with Gasteiger partial charge in [0.25, 0.3) is 0 Å². The Kier molecular flexibility index (Phi) is 75.8. The third kappa shape index (κ3) is 66.6. The van der Waals surface area contributed by atoms with E-state index in [2.05, 4.69) is 6.92 Å². The largest absolute Gasteiger partial charge is 2.00 e. The molecule has 1 nitrogen and oxygen atoms in total.